The van der Waals surface area contributed by atoms with E-state index >= 15 is 0 Å². The van der Waals surface area contributed by atoms with E-state index in [1.807, 2.05) is 34.0 Å². The highest BCUT2D eigenvalue weighted by Crippen LogP contribution is 2.19. The van der Waals surface area contributed by atoms with Crippen LogP contribution in [0.25, 0.3) is 0 Å². The van der Waals surface area contributed by atoms with Gasteiger partial charge in [-0.25, -0.2) is 13.1 Å². The number of hydrogen-bond acceptors (Lipinski definition) is 3. The fourth-order valence-corrected chi connectivity index (χ4v) is 3.35. The summed E-state index contributed by atoms with van der Waals surface area (Å²) in [5.41, 5.74) is 2.73. The third-order valence-corrected chi connectivity index (χ3v) is 4.74. The van der Waals surface area contributed by atoms with Crippen LogP contribution in [-0.2, 0) is 17.1 Å². The Balaban J connectivity index is 2.24. The average molecular weight is 293 g/mol. The molecule has 1 atom stereocenters. The molecule has 0 saturated heterocycles. The quantitative estimate of drug-likeness (QED) is 0.938. The maximum absolute atomic E-state index is 12.3. The summed E-state index contributed by atoms with van der Waals surface area (Å²) in [5.74, 6) is 0. The smallest absolute Gasteiger partial charge is 0.241 e. The molecule has 1 aromatic heterocycles. The van der Waals surface area contributed by atoms with E-state index in [1.165, 1.54) is 0 Å². The largest absolute Gasteiger partial charge is 0.275 e. The molecule has 0 spiro atoms. The Morgan fingerprint density at radius 1 is 1.20 bits per heavy atom. The van der Waals surface area contributed by atoms with Crippen LogP contribution in [0.15, 0.2) is 35.4 Å². The molecule has 108 valence electrons. The monoisotopic (exact) mass is 293 g/mol. The van der Waals surface area contributed by atoms with Crippen LogP contribution in [0.3, 0.4) is 0 Å². The number of aryl methyl sites for hydroxylation is 3. The van der Waals surface area contributed by atoms with Crippen LogP contribution in [0.5, 0.6) is 0 Å². The van der Waals surface area contributed by atoms with E-state index in [0.717, 1.165) is 16.8 Å². The highest BCUT2D eigenvalue weighted by Gasteiger charge is 2.20. The molecular formula is C14H19N3O2S. The lowest BCUT2D eigenvalue weighted by Gasteiger charge is -2.13. The Bertz CT molecular complexity index is 703. The average Bonchev–Trinajstić information content (AvgIpc) is 2.68. The van der Waals surface area contributed by atoms with E-state index in [0.29, 0.717) is 0 Å². The number of nitrogens with zero attached hydrogens (tertiary/aromatic N) is 2. The van der Waals surface area contributed by atoms with Crippen LogP contribution in [0.2, 0.25) is 0 Å². The van der Waals surface area contributed by atoms with Gasteiger partial charge in [0.15, 0.2) is 0 Å². The van der Waals surface area contributed by atoms with Crippen molar-refractivity contribution in [2.45, 2.75) is 31.7 Å². The molecule has 2 rings (SSSR count). The minimum atomic E-state index is -3.52. The Hall–Kier alpha value is -1.66. The van der Waals surface area contributed by atoms with Crippen LogP contribution in [0.1, 0.15) is 29.8 Å². The van der Waals surface area contributed by atoms with E-state index in [4.69, 9.17) is 0 Å². The second-order valence-electron chi connectivity index (χ2n) is 5.00. The normalized spacial score (nSPS) is 13.4. The molecule has 5 nitrogen and oxygen atoms in total. The zero-order chi connectivity index (χ0) is 14.9. The Morgan fingerprint density at radius 3 is 2.30 bits per heavy atom. The summed E-state index contributed by atoms with van der Waals surface area (Å²) in [4.78, 5) is 0.275. The van der Waals surface area contributed by atoms with Crippen LogP contribution >= 0.6 is 0 Å². The van der Waals surface area contributed by atoms with Crippen LogP contribution < -0.4 is 4.72 Å². The molecule has 0 saturated carbocycles. The van der Waals surface area contributed by atoms with E-state index in [1.54, 1.807) is 28.9 Å². The number of nitrogens with one attached hydrogen (secondary N) is 1. The molecule has 0 aliphatic carbocycles. The van der Waals surface area contributed by atoms with Crippen LogP contribution in [0, 0.1) is 13.8 Å². The standard InChI is InChI=1S/C14H19N3O2S/c1-10-5-7-13(8-6-10)20(18,19)16-12(3)14-9-17(4)15-11(14)2/h5-9,12,16H,1-4H3. The first-order chi connectivity index (χ1) is 9.29. The molecule has 0 amide bonds. The van der Waals surface area contributed by atoms with Gasteiger partial charge in [0.25, 0.3) is 0 Å². The topological polar surface area (TPSA) is 64.0 Å². The van der Waals surface area contributed by atoms with Crippen molar-refractivity contribution >= 4 is 10.0 Å². The second-order valence-corrected chi connectivity index (χ2v) is 6.71. The molecule has 0 fully saturated rings. The molecule has 2 aromatic rings. The second kappa shape index (κ2) is 5.38. The molecule has 1 heterocycles. The number of sulfonamides is 1. The highest BCUT2D eigenvalue weighted by atomic mass is 32.2. The first-order valence-electron chi connectivity index (χ1n) is 6.39. The number of rotatable bonds is 4. The summed E-state index contributed by atoms with van der Waals surface area (Å²) in [6.45, 7) is 5.60. The molecule has 6 heteroatoms. The fraction of sp³-hybridized carbons (Fsp3) is 0.357. The number of benzene rings is 1. The lowest BCUT2D eigenvalue weighted by molar-refractivity contribution is 0.566. The van der Waals surface area contributed by atoms with E-state index in [2.05, 4.69) is 9.82 Å². The van der Waals surface area contributed by atoms with Gasteiger partial charge in [0, 0.05) is 24.8 Å². The van der Waals surface area contributed by atoms with E-state index in [-0.39, 0.29) is 10.9 Å². The lowest BCUT2D eigenvalue weighted by atomic mass is 10.1. The van der Waals surface area contributed by atoms with Gasteiger partial charge in [0.1, 0.15) is 0 Å². The van der Waals surface area contributed by atoms with Crippen molar-refractivity contribution in [2.75, 3.05) is 0 Å². The van der Waals surface area contributed by atoms with Crippen molar-refractivity contribution in [1.82, 2.24) is 14.5 Å². The van der Waals surface area contributed by atoms with Crippen LogP contribution in [0.4, 0.5) is 0 Å². The minimum Gasteiger partial charge on any atom is -0.275 e. The summed E-state index contributed by atoms with van der Waals surface area (Å²) >= 11 is 0. The molecular weight excluding hydrogens is 274 g/mol. The van der Waals surface area contributed by atoms with Gasteiger partial charge >= 0.3 is 0 Å². The predicted octanol–water partition coefficient (Wildman–Crippen LogP) is 2.08. The summed E-state index contributed by atoms with van der Waals surface area (Å²) in [7, 11) is -1.70. The molecule has 0 aliphatic heterocycles. The zero-order valence-electron chi connectivity index (χ0n) is 12.1. The molecule has 1 N–H and O–H groups in total. The first kappa shape index (κ1) is 14.7. The molecule has 0 aliphatic rings. The lowest BCUT2D eigenvalue weighted by Crippen LogP contribution is -2.27. The maximum atomic E-state index is 12.3. The van der Waals surface area contributed by atoms with Gasteiger partial charge in [0.2, 0.25) is 10.0 Å². The van der Waals surface area contributed by atoms with Crippen molar-refractivity contribution < 1.29 is 8.42 Å². The van der Waals surface area contributed by atoms with Crippen molar-refractivity contribution in [3.63, 3.8) is 0 Å². The minimum absolute atomic E-state index is 0.275. The van der Waals surface area contributed by atoms with Gasteiger partial charge in [-0.1, -0.05) is 17.7 Å². The summed E-state index contributed by atoms with van der Waals surface area (Å²) < 4.78 is 29.0. The summed E-state index contributed by atoms with van der Waals surface area (Å²) in [6, 6.07) is 6.47. The van der Waals surface area contributed by atoms with Crippen molar-refractivity contribution in [3.8, 4) is 0 Å². The summed E-state index contributed by atoms with van der Waals surface area (Å²) in [6.07, 6.45) is 1.83. The van der Waals surface area contributed by atoms with Crippen molar-refractivity contribution in [1.29, 1.82) is 0 Å². The summed E-state index contributed by atoms with van der Waals surface area (Å²) in [5, 5.41) is 4.23. The first-order valence-corrected chi connectivity index (χ1v) is 7.87. The SMILES string of the molecule is Cc1ccc(S(=O)(=O)NC(C)c2cn(C)nc2C)cc1. The molecule has 20 heavy (non-hydrogen) atoms. The third kappa shape index (κ3) is 3.08. The molecule has 0 bridgehead atoms. The van der Waals surface area contributed by atoms with Gasteiger partial charge in [-0.3, -0.25) is 4.68 Å². The fourth-order valence-electron chi connectivity index (χ4n) is 2.12. The van der Waals surface area contributed by atoms with Crippen molar-refractivity contribution in [2.24, 2.45) is 7.05 Å². The molecule has 0 radical (unpaired) electrons. The van der Waals surface area contributed by atoms with Crippen molar-refractivity contribution in [3.05, 3.63) is 47.3 Å². The van der Waals surface area contributed by atoms with Crippen LogP contribution in [-0.4, -0.2) is 18.2 Å². The van der Waals surface area contributed by atoms with E-state index < -0.39 is 10.0 Å². The molecule has 1 aromatic carbocycles. The zero-order valence-corrected chi connectivity index (χ0v) is 12.9. The maximum Gasteiger partial charge on any atom is 0.241 e. The van der Waals surface area contributed by atoms with Gasteiger partial charge in [-0.2, -0.15) is 5.10 Å². The Morgan fingerprint density at radius 2 is 1.80 bits per heavy atom. The van der Waals surface area contributed by atoms with Gasteiger partial charge in [-0.05, 0) is 32.9 Å². The van der Waals surface area contributed by atoms with Gasteiger partial charge in [-0.15, -0.1) is 0 Å². The predicted molar refractivity (Wildman–Crippen MR) is 77.9 cm³/mol. The molecule has 1 unspecified atom stereocenters. The number of hydrogen-bond donors (Lipinski definition) is 1. The Labute approximate surface area is 119 Å². The van der Waals surface area contributed by atoms with Gasteiger partial charge < -0.3 is 0 Å². The number of aromatic nitrogens is 2. The third-order valence-electron chi connectivity index (χ3n) is 3.18. The Kier molecular flexibility index (Phi) is 3.96. The van der Waals surface area contributed by atoms with Gasteiger partial charge in [0.05, 0.1) is 10.6 Å². The van der Waals surface area contributed by atoms with E-state index in [9.17, 15) is 8.42 Å². The highest BCUT2D eigenvalue weighted by molar-refractivity contribution is 7.89.